The van der Waals surface area contributed by atoms with Crippen molar-refractivity contribution >= 4 is 31.6 Å². The van der Waals surface area contributed by atoms with Gasteiger partial charge in [-0.3, -0.25) is 9.59 Å². The molecule has 0 fully saturated rings. The molecule has 2 aromatic rings. The molecule has 2 N–H and O–H groups in total. The summed E-state index contributed by atoms with van der Waals surface area (Å²) in [5, 5.41) is 6.70. The first kappa shape index (κ1) is 27.9. The second-order valence-corrected chi connectivity index (χ2v) is 16.3. The molecular weight excluding hydrogens is 468 g/mol. The second-order valence-electron chi connectivity index (χ2n) is 11.5. The molecule has 0 spiro atoms. The minimum Gasteiger partial charge on any atom is -0.415 e. The van der Waals surface area contributed by atoms with Gasteiger partial charge in [0.25, 0.3) is 5.91 Å². The number of hydrogen-bond acceptors (Lipinski definition) is 5. The molecule has 196 valence electrons. The van der Waals surface area contributed by atoms with Gasteiger partial charge in [0, 0.05) is 42.9 Å². The predicted octanol–water partition coefficient (Wildman–Crippen LogP) is 5.69. The van der Waals surface area contributed by atoms with Crippen LogP contribution in [0.5, 0.6) is 0 Å². The van der Waals surface area contributed by atoms with Gasteiger partial charge in [-0.15, -0.1) is 0 Å². The Bertz CT molecular complexity index is 1110. The van der Waals surface area contributed by atoms with Crippen molar-refractivity contribution in [2.75, 3.05) is 23.4 Å². The summed E-state index contributed by atoms with van der Waals surface area (Å²) in [4.78, 5) is 31.9. The molecule has 0 aliphatic carbocycles. The fraction of sp³-hybridized carbons (Fsp3) is 0.536. The van der Waals surface area contributed by atoms with E-state index in [1.54, 1.807) is 19.2 Å². The molecule has 36 heavy (non-hydrogen) atoms. The van der Waals surface area contributed by atoms with Gasteiger partial charge in [0.05, 0.1) is 12.6 Å². The van der Waals surface area contributed by atoms with Gasteiger partial charge in [0.2, 0.25) is 5.91 Å². The van der Waals surface area contributed by atoms with Crippen LogP contribution in [0.1, 0.15) is 69.1 Å². The second kappa shape index (κ2) is 10.7. The molecule has 0 saturated heterocycles. The number of fused-ring (bicyclic) bond motifs is 1. The minimum absolute atomic E-state index is 0.00975. The zero-order chi connectivity index (χ0) is 26.8. The molecule has 0 saturated carbocycles. The third-order valence-electron chi connectivity index (χ3n) is 7.79. The van der Waals surface area contributed by atoms with Crippen LogP contribution in [0.3, 0.4) is 0 Å². The van der Waals surface area contributed by atoms with Crippen molar-refractivity contribution in [2.24, 2.45) is 5.92 Å². The van der Waals surface area contributed by atoms with E-state index >= 15 is 0 Å². The first-order valence-corrected chi connectivity index (χ1v) is 15.7. The van der Waals surface area contributed by atoms with Crippen LogP contribution < -0.4 is 15.5 Å². The maximum atomic E-state index is 13.1. The molecule has 1 aliphatic rings. The standard InChI is InChI=1S/C28H42N4O3Si/c1-18-12-13-29-25(16-18)31-26-19(2)20(3)32(21(4)33)24-11-10-22(17-23(24)26)27(34)30-14-15-35-36(8,9)28(5,6)7/h10-13,16-17,19-20,26H,14-15H2,1-9H3,(H,29,31)(H,30,34). The van der Waals surface area contributed by atoms with E-state index in [1.165, 1.54) is 0 Å². The number of aromatic nitrogens is 1. The molecule has 3 rings (SSSR count). The highest BCUT2D eigenvalue weighted by Gasteiger charge is 2.39. The van der Waals surface area contributed by atoms with E-state index in [4.69, 9.17) is 4.43 Å². The van der Waals surface area contributed by atoms with Crippen LogP contribution in [0.2, 0.25) is 18.1 Å². The van der Waals surface area contributed by atoms with Crippen molar-refractivity contribution in [3.8, 4) is 0 Å². The van der Waals surface area contributed by atoms with Gasteiger partial charge in [-0.05, 0) is 73.4 Å². The molecule has 0 radical (unpaired) electrons. The van der Waals surface area contributed by atoms with Gasteiger partial charge >= 0.3 is 0 Å². The van der Waals surface area contributed by atoms with Crippen LogP contribution in [-0.2, 0) is 9.22 Å². The number of anilines is 2. The Morgan fingerprint density at radius 2 is 1.83 bits per heavy atom. The summed E-state index contributed by atoms with van der Waals surface area (Å²) < 4.78 is 6.19. The zero-order valence-electron chi connectivity index (χ0n) is 23.2. The van der Waals surface area contributed by atoms with Gasteiger partial charge in [-0.25, -0.2) is 4.98 Å². The number of nitrogens with one attached hydrogen (secondary N) is 2. The Morgan fingerprint density at radius 3 is 2.44 bits per heavy atom. The summed E-state index contributed by atoms with van der Waals surface area (Å²) in [6.07, 6.45) is 1.78. The Hall–Kier alpha value is -2.71. The third kappa shape index (κ3) is 5.98. The lowest BCUT2D eigenvalue weighted by Crippen LogP contribution is -2.48. The van der Waals surface area contributed by atoms with E-state index in [-0.39, 0.29) is 34.9 Å². The smallest absolute Gasteiger partial charge is 0.251 e. The van der Waals surface area contributed by atoms with Crippen molar-refractivity contribution in [3.63, 3.8) is 0 Å². The molecular formula is C28H42N4O3Si. The van der Waals surface area contributed by atoms with Crippen LogP contribution in [0, 0.1) is 12.8 Å². The van der Waals surface area contributed by atoms with Gasteiger partial charge in [-0.2, -0.15) is 0 Å². The van der Waals surface area contributed by atoms with E-state index < -0.39 is 8.32 Å². The zero-order valence-corrected chi connectivity index (χ0v) is 24.2. The Kier molecular flexibility index (Phi) is 8.30. The average molecular weight is 511 g/mol. The fourth-order valence-electron chi connectivity index (χ4n) is 4.41. The Balaban J connectivity index is 1.84. The van der Waals surface area contributed by atoms with Gasteiger partial charge in [0.15, 0.2) is 8.32 Å². The summed E-state index contributed by atoms with van der Waals surface area (Å²) in [7, 11) is -1.86. The molecule has 2 heterocycles. The summed E-state index contributed by atoms with van der Waals surface area (Å²) in [5.41, 5.74) is 3.43. The predicted molar refractivity (Wildman–Crippen MR) is 149 cm³/mol. The van der Waals surface area contributed by atoms with Crippen LogP contribution in [0.25, 0.3) is 0 Å². The molecule has 7 nitrogen and oxygen atoms in total. The number of hydrogen-bond donors (Lipinski definition) is 2. The van der Waals surface area contributed by atoms with E-state index in [9.17, 15) is 9.59 Å². The number of rotatable bonds is 7. The molecule has 3 unspecified atom stereocenters. The number of carbonyl (C=O) groups excluding carboxylic acids is 2. The molecule has 8 heteroatoms. The first-order chi connectivity index (χ1) is 16.7. The van der Waals surface area contributed by atoms with Crippen LogP contribution in [0.15, 0.2) is 36.5 Å². The van der Waals surface area contributed by atoms with Crippen LogP contribution in [0.4, 0.5) is 11.5 Å². The number of nitrogens with zero attached hydrogens (tertiary/aromatic N) is 2. The highest BCUT2D eigenvalue weighted by molar-refractivity contribution is 6.74. The lowest BCUT2D eigenvalue weighted by atomic mass is 9.82. The lowest BCUT2D eigenvalue weighted by Gasteiger charge is -2.44. The SMILES string of the molecule is CC(=O)N1c2ccc(C(=O)NCCO[Si](C)(C)C(C)(C)C)cc2C(Nc2cc(C)ccn2)C(C)C1C. The minimum atomic E-state index is -1.86. The van der Waals surface area contributed by atoms with E-state index in [1.807, 2.05) is 36.1 Å². The number of aryl methyl sites for hydroxylation is 1. The Morgan fingerprint density at radius 1 is 1.14 bits per heavy atom. The quantitative estimate of drug-likeness (QED) is 0.369. The van der Waals surface area contributed by atoms with Gasteiger partial charge in [0.1, 0.15) is 5.82 Å². The molecule has 2 amide bonds. The molecule has 0 bridgehead atoms. The highest BCUT2D eigenvalue weighted by Crippen LogP contribution is 2.43. The van der Waals surface area contributed by atoms with Gasteiger partial charge < -0.3 is 20.0 Å². The number of amides is 2. The summed E-state index contributed by atoms with van der Waals surface area (Å²) in [5.74, 6) is 0.714. The average Bonchev–Trinajstić information content (AvgIpc) is 2.78. The lowest BCUT2D eigenvalue weighted by molar-refractivity contribution is -0.117. The number of pyridine rings is 1. The van der Waals surface area contributed by atoms with Crippen molar-refractivity contribution in [1.29, 1.82) is 0 Å². The first-order valence-electron chi connectivity index (χ1n) is 12.8. The maximum Gasteiger partial charge on any atom is 0.251 e. The summed E-state index contributed by atoms with van der Waals surface area (Å²) in [6, 6.07) is 9.44. The molecule has 1 aliphatic heterocycles. The van der Waals surface area contributed by atoms with Gasteiger partial charge in [-0.1, -0.05) is 27.7 Å². The van der Waals surface area contributed by atoms with Crippen molar-refractivity contribution < 1.29 is 14.0 Å². The molecule has 3 atom stereocenters. The third-order valence-corrected chi connectivity index (χ3v) is 12.3. The largest absolute Gasteiger partial charge is 0.415 e. The molecule has 1 aromatic carbocycles. The van der Waals surface area contributed by atoms with E-state index in [0.29, 0.717) is 18.7 Å². The van der Waals surface area contributed by atoms with E-state index in [2.05, 4.69) is 63.3 Å². The van der Waals surface area contributed by atoms with Crippen molar-refractivity contribution in [1.82, 2.24) is 10.3 Å². The van der Waals surface area contributed by atoms with Crippen molar-refractivity contribution in [2.45, 2.75) is 78.7 Å². The van der Waals surface area contributed by atoms with Crippen LogP contribution in [-0.4, -0.2) is 44.3 Å². The summed E-state index contributed by atoms with van der Waals surface area (Å²) in [6.45, 7) is 19.8. The normalized spacial score (nSPS) is 20.0. The Labute approximate surface area is 217 Å². The fourth-order valence-corrected chi connectivity index (χ4v) is 5.46. The molecule has 1 aromatic heterocycles. The number of carbonyl (C=O) groups is 2. The van der Waals surface area contributed by atoms with E-state index in [0.717, 1.165) is 22.6 Å². The maximum absolute atomic E-state index is 13.1. The summed E-state index contributed by atoms with van der Waals surface area (Å²) >= 11 is 0. The van der Waals surface area contributed by atoms with Crippen LogP contribution >= 0.6 is 0 Å². The van der Waals surface area contributed by atoms with Crippen molar-refractivity contribution in [3.05, 3.63) is 53.2 Å². The topological polar surface area (TPSA) is 83.6 Å². The highest BCUT2D eigenvalue weighted by atomic mass is 28.4. The number of benzene rings is 1. The monoisotopic (exact) mass is 510 g/mol.